The first-order chi connectivity index (χ1) is 12.9. The minimum atomic E-state index is -1.52. The molecule has 3 aliphatic rings. The smallest absolute Gasteiger partial charge is 0.248 e. The zero-order valence-electron chi connectivity index (χ0n) is 15.9. The van der Waals surface area contributed by atoms with Crippen molar-refractivity contribution in [2.45, 2.75) is 45.6 Å². The van der Waals surface area contributed by atoms with Gasteiger partial charge in [-0.2, -0.15) is 0 Å². The Morgan fingerprint density at radius 1 is 1.26 bits per heavy atom. The van der Waals surface area contributed by atoms with Crippen molar-refractivity contribution >= 4 is 28.4 Å². The fourth-order valence-electron chi connectivity index (χ4n) is 3.81. The molecule has 7 nitrogen and oxygen atoms in total. The molecule has 27 heavy (non-hydrogen) atoms. The maximum atomic E-state index is 12.8. The molecule has 1 saturated heterocycles. The summed E-state index contributed by atoms with van der Waals surface area (Å²) in [5.74, 6) is -3.09. The largest absolute Gasteiger partial charge is 0.355 e. The molecule has 0 aromatic heterocycles. The summed E-state index contributed by atoms with van der Waals surface area (Å²) in [6.07, 6.45) is 5.96. The summed E-state index contributed by atoms with van der Waals surface area (Å²) in [7, 11) is -1.52. The predicted molar refractivity (Wildman–Crippen MR) is 103 cm³/mol. The molecule has 1 fully saturated rings. The second-order valence-corrected chi connectivity index (χ2v) is 8.72. The lowest BCUT2D eigenvalue weighted by Gasteiger charge is -2.34. The van der Waals surface area contributed by atoms with Crippen LogP contribution in [0, 0.1) is 5.92 Å². The van der Waals surface area contributed by atoms with Gasteiger partial charge in [0.15, 0.2) is 11.7 Å². The average molecular weight is 394 g/mol. The molecule has 0 aromatic rings. The van der Waals surface area contributed by atoms with Gasteiger partial charge in [-0.25, -0.2) is 4.21 Å². The van der Waals surface area contributed by atoms with Crippen LogP contribution in [0.1, 0.15) is 39.5 Å². The third kappa shape index (κ3) is 4.06. The van der Waals surface area contributed by atoms with E-state index in [-0.39, 0.29) is 16.6 Å². The van der Waals surface area contributed by atoms with Gasteiger partial charge in [-0.05, 0) is 58.8 Å². The molecule has 0 spiro atoms. The zero-order valence-corrected chi connectivity index (χ0v) is 16.7. The van der Waals surface area contributed by atoms with Gasteiger partial charge in [0.2, 0.25) is 11.8 Å². The molecule has 0 saturated carbocycles. The number of carbonyl (C=O) groups is 3. The van der Waals surface area contributed by atoms with Gasteiger partial charge in [-0.3, -0.25) is 14.4 Å². The van der Waals surface area contributed by atoms with Crippen molar-refractivity contribution in [3.05, 3.63) is 22.1 Å². The number of hydrogen-bond acceptors (Lipinski definition) is 5. The van der Waals surface area contributed by atoms with E-state index < -0.39 is 34.3 Å². The topological polar surface area (TPSA) is 86.8 Å². The van der Waals surface area contributed by atoms with Gasteiger partial charge in [0.25, 0.3) is 0 Å². The lowest BCUT2D eigenvalue weighted by molar-refractivity contribution is -0.146. The summed E-state index contributed by atoms with van der Waals surface area (Å²) in [6.45, 7) is 7.08. The highest BCUT2D eigenvalue weighted by atomic mass is 32.2. The van der Waals surface area contributed by atoms with Gasteiger partial charge in [-0.15, -0.1) is 0 Å². The van der Waals surface area contributed by atoms with E-state index in [0.29, 0.717) is 6.54 Å². The summed E-state index contributed by atoms with van der Waals surface area (Å²) in [5.41, 5.74) is 0.218. The Kier molecular flexibility index (Phi) is 6.26. The van der Waals surface area contributed by atoms with Crippen LogP contribution in [0.15, 0.2) is 22.1 Å². The van der Waals surface area contributed by atoms with Crippen molar-refractivity contribution in [3.63, 3.8) is 0 Å². The minimum absolute atomic E-state index is 0.217. The molecule has 0 aliphatic carbocycles. The van der Waals surface area contributed by atoms with Crippen LogP contribution in [0.3, 0.4) is 0 Å². The first-order valence-corrected chi connectivity index (χ1v) is 10.8. The molecule has 148 valence electrons. The maximum absolute atomic E-state index is 12.8. The van der Waals surface area contributed by atoms with E-state index in [1.807, 2.05) is 0 Å². The lowest BCUT2D eigenvalue weighted by atomic mass is 9.91. The highest BCUT2D eigenvalue weighted by molar-refractivity contribution is 7.92. The van der Waals surface area contributed by atoms with Gasteiger partial charge in [-0.1, -0.05) is 6.42 Å². The van der Waals surface area contributed by atoms with Crippen molar-refractivity contribution < 1.29 is 18.6 Å². The number of nitrogens with one attached hydrogen (secondary N) is 1. The van der Waals surface area contributed by atoms with Gasteiger partial charge < -0.3 is 15.1 Å². The molecule has 0 radical (unpaired) electrons. The number of likely N-dealkylation sites (tertiary alicyclic amines) is 1. The SMILES string of the molecule is CC(C)N1C(=O)C(C(=O)NCCCN2CCCCC2)C(=O)C2=C1S(=O)C=C2. The Labute approximate surface area is 162 Å². The Bertz CT molecular complexity index is 722. The number of hydrogen-bond donors (Lipinski definition) is 1. The number of carbonyl (C=O) groups excluding carboxylic acids is 3. The number of rotatable bonds is 6. The molecular formula is C19H27N3O4S. The monoisotopic (exact) mass is 393 g/mol. The van der Waals surface area contributed by atoms with E-state index in [1.165, 1.54) is 35.6 Å². The number of Topliss-reactive ketones (excluding diaryl/α,β-unsaturated/α-hetero) is 1. The van der Waals surface area contributed by atoms with Crippen LogP contribution in [0.25, 0.3) is 0 Å². The Morgan fingerprint density at radius 3 is 2.63 bits per heavy atom. The van der Waals surface area contributed by atoms with Crippen LogP contribution in [0.2, 0.25) is 0 Å². The third-order valence-electron chi connectivity index (χ3n) is 5.19. The van der Waals surface area contributed by atoms with Gasteiger partial charge >= 0.3 is 0 Å². The summed E-state index contributed by atoms with van der Waals surface area (Å²) in [4.78, 5) is 41.8. The number of nitrogens with zero attached hydrogens (tertiary/aromatic N) is 2. The summed E-state index contributed by atoms with van der Waals surface area (Å²) in [5, 5.41) is 4.36. The predicted octanol–water partition coefficient (Wildman–Crippen LogP) is 0.902. The molecule has 3 rings (SSSR count). The molecule has 0 bridgehead atoms. The molecule has 2 atom stereocenters. The van der Waals surface area contributed by atoms with Crippen molar-refractivity contribution in [1.82, 2.24) is 15.1 Å². The lowest BCUT2D eigenvalue weighted by Crippen LogP contribution is -2.53. The van der Waals surface area contributed by atoms with Crippen LogP contribution in [0.5, 0.6) is 0 Å². The van der Waals surface area contributed by atoms with Crippen LogP contribution < -0.4 is 5.32 Å². The van der Waals surface area contributed by atoms with Crippen molar-refractivity contribution in [2.24, 2.45) is 5.92 Å². The minimum Gasteiger partial charge on any atom is -0.355 e. The molecule has 8 heteroatoms. The molecular weight excluding hydrogens is 366 g/mol. The normalized spacial score (nSPS) is 26.1. The standard InChI is InChI=1S/C19H27N3O4S/c1-13(2)22-18(25)15(16(23)14-7-12-27(26)19(14)22)17(24)20-8-6-11-21-9-4-3-5-10-21/h7,12-13,15H,3-6,8-11H2,1-2H3,(H,20,24). The number of allylic oxidation sites excluding steroid dienone is 2. The van der Waals surface area contributed by atoms with Crippen LogP contribution >= 0.6 is 0 Å². The molecule has 2 amide bonds. The van der Waals surface area contributed by atoms with Crippen molar-refractivity contribution in [2.75, 3.05) is 26.2 Å². The van der Waals surface area contributed by atoms with E-state index >= 15 is 0 Å². The van der Waals surface area contributed by atoms with Crippen molar-refractivity contribution in [3.8, 4) is 0 Å². The quantitative estimate of drug-likeness (QED) is 0.535. The molecule has 3 aliphatic heterocycles. The number of ketones is 1. The average Bonchev–Trinajstić information content (AvgIpc) is 3.01. The Balaban J connectivity index is 1.63. The van der Waals surface area contributed by atoms with Gasteiger partial charge in [0, 0.05) is 18.0 Å². The van der Waals surface area contributed by atoms with Gasteiger partial charge in [0.1, 0.15) is 5.03 Å². The fraction of sp³-hybridized carbons (Fsp3) is 0.632. The highest BCUT2D eigenvalue weighted by Crippen LogP contribution is 2.33. The number of piperidine rings is 1. The second kappa shape index (κ2) is 8.48. The Hall–Kier alpha value is -1.80. The van der Waals surface area contributed by atoms with Crippen LogP contribution in [-0.4, -0.2) is 63.8 Å². The second-order valence-electron chi connectivity index (χ2n) is 7.47. The summed E-state index contributed by atoms with van der Waals surface area (Å²) in [6, 6.07) is -0.283. The first kappa shape index (κ1) is 19.9. The first-order valence-electron chi connectivity index (χ1n) is 9.62. The summed E-state index contributed by atoms with van der Waals surface area (Å²) >= 11 is 0. The van der Waals surface area contributed by atoms with Gasteiger partial charge in [0.05, 0.1) is 16.4 Å². The molecule has 1 N–H and O–H groups in total. The molecule has 3 heterocycles. The van der Waals surface area contributed by atoms with Crippen LogP contribution in [-0.2, 0) is 25.2 Å². The van der Waals surface area contributed by atoms with E-state index in [2.05, 4.69) is 10.2 Å². The van der Waals surface area contributed by atoms with E-state index in [0.717, 1.165) is 26.1 Å². The van der Waals surface area contributed by atoms with E-state index in [4.69, 9.17) is 0 Å². The Morgan fingerprint density at radius 2 is 1.96 bits per heavy atom. The molecule has 0 aromatic carbocycles. The fourth-order valence-corrected chi connectivity index (χ4v) is 5.08. The zero-order chi connectivity index (χ0) is 19.6. The maximum Gasteiger partial charge on any atom is 0.248 e. The highest BCUT2D eigenvalue weighted by Gasteiger charge is 2.48. The summed E-state index contributed by atoms with van der Waals surface area (Å²) < 4.78 is 12.2. The third-order valence-corrected chi connectivity index (χ3v) is 6.37. The van der Waals surface area contributed by atoms with Crippen molar-refractivity contribution in [1.29, 1.82) is 0 Å². The molecule has 2 unspecified atom stereocenters. The number of amides is 2. The van der Waals surface area contributed by atoms with Crippen LogP contribution in [0.4, 0.5) is 0 Å². The van der Waals surface area contributed by atoms with E-state index in [1.54, 1.807) is 13.8 Å². The van der Waals surface area contributed by atoms with E-state index in [9.17, 15) is 18.6 Å².